The van der Waals surface area contributed by atoms with E-state index in [2.05, 4.69) is 60.1 Å². The fourth-order valence-electron chi connectivity index (χ4n) is 2.31. The van der Waals surface area contributed by atoms with Crippen molar-refractivity contribution in [1.82, 2.24) is 0 Å². The highest BCUT2D eigenvalue weighted by molar-refractivity contribution is 9.09. The minimum atomic E-state index is 0.193. The predicted octanol–water partition coefficient (Wildman–Crippen LogP) is 5.57. The lowest BCUT2D eigenvalue weighted by Gasteiger charge is -2.16. The van der Waals surface area contributed by atoms with Crippen LogP contribution in [0.1, 0.15) is 40.9 Å². The first-order chi connectivity index (χ1) is 9.47. The molecule has 0 radical (unpaired) electrons. The molecule has 0 amide bonds. The van der Waals surface area contributed by atoms with E-state index in [1.807, 2.05) is 26.0 Å². The summed E-state index contributed by atoms with van der Waals surface area (Å²) in [7, 11) is 0. The number of halogens is 1. The summed E-state index contributed by atoms with van der Waals surface area (Å²) in [6.07, 6.45) is 0.195. The van der Waals surface area contributed by atoms with Gasteiger partial charge < -0.3 is 4.74 Å². The molecule has 106 valence electrons. The summed E-state index contributed by atoms with van der Waals surface area (Å²) in [6.45, 7) is 8.37. The lowest BCUT2D eigenvalue weighted by molar-refractivity contribution is 0.242. The average Bonchev–Trinajstić information content (AvgIpc) is 2.37. The van der Waals surface area contributed by atoms with Crippen molar-refractivity contribution >= 4 is 15.9 Å². The molecule has 0 saturated heterocycles. The smallest absolute Gasteiger partial charge is 0.120 e. The van der Waals surface area contributed by atoms with E-state index in [0.29, 0.717) is 0 Å². The van der Waals surface area contributed by atoms with Crippen LogP contribution in [0.4, 0.5) is 0 Å². The van der Waals surface area contributed by atoms with Crippen LogP contribution in [0.2, 0.25) is 0 Å². The highest BCUT2D eigenvalue weighted by Crippen LogP contribution is 2.34. The third-order valence-corrected chi connectivity index (χ3v) is 4.24. The Bertz CT molecular complexity index is 590. The van der Waals surface area contributed by atoms with Crippen LogP contribution in [0.25, 0.3) is 0 Å². The van der Waals surface area contributed by atoms with Gasteiger partial charge >= 0.3 is 0 Å². The van der Waals surface area contributed by atoms with Gasteiger partial charge in [-0.1, -0.05) is 51.8 Å². The van der Waals surface area contributed by atoms with E-state index in [-0.39, 0.29) is 10.9 Å². The minimum absolute atomic E-state index is 0.193. The van der Waals surface area contributed by atoms with Crippen molar-refractivity contribution in [3.05, 3.63) is 64.7 Å². The Kier molecular flexibility index (Phi) is 4.87. The van der Waals surface area contributed by atoms with E-state index in [1.54, 1.807) is 0 Å². The molecule has 0 aliphatic rings. The van der Waals surface area contributed by atoms with Crippen LogP contribution < -0.4 is 4.74 Å². The maximum Gasteiger partial charge on any atom is 0.120 e. The number of alkyl halides is 1. The molecule has 2 aromatic rings. The number of hydrogen-bond donors (Lipinski definition) is 0. The second-order valence-electron chi connectivity index (χ2n) is 5.46. The number of hydrogen-bond acceptors (Lipinski definition) is 1. The monoisotopic (exact) mass is 332 g/mol. The van der Waals surface area contributed by atoms with Crippen LogP contribution in [0.15, 0.2) is 42.5 Å². The van der Waals surface area contributed by atoms with Gasteiger partial charge in [0.05, 0.1) is 10.9 Å². The maximum atomic E-state index is 5.77. The molecule has 0 heterocycles. The number of benzene rings is 2. The van der Waals surface area contributed by atoms with Gasteiger partial charge in [-0.3, -0.25) is 0 Å². The standard InChI is InChI=1S/C18H21BrO/c1-12(2)20-16-7-5-6-15(11-16)18(19)17-9-8-13(3)10-14(17)4/h5-12,18H,1-4H3. The highest BCUT2D eigenvalue weighted by atomic mass is 79.9. The van der Waals surface area contributed by atoms with Crippen LogP contribution in [0.3, 0.4) is 0 Å². The molecule has 0 saturated carbocycles. The minimum Gasteiger partial charge on any atom is -0.491 e. The number of rotatable bonds is 4. The maximum absolute atomic E-state index is 5.77. The zero-order valence-electron chi connectivity index (χ0n) is 12.5. The second kappa shape index (κ2) is 6.45. The van der Waals surface area contributed by atoms with Gasteiger partial charge in [0, 0.05) is 0 Å². The Morgan fingerprint density at radius 2 is 1.75 bits per heavy atom. The average molecular weight is 333 g/mol. The van der Waals surface area contributed by atoms with Gasteiger partial charge in [-0.25, -0.2) is 0 Å². The topological polar surface area (TPSA) is 9.23 Å². The summed E-state index contributed by atoms with van der Waals surface area (Å²) in [6, 6.07) is 14.9. The second-order valence-corrected chi connectivity index (χ2v) is 6.38. The van der Waals surface area contributed by atoms with E-state index in [4.69, 9.17) is 4.74 Å². The summed E-state index contributed by atoms with van der Waals surface area (Å²) in [4.78, 5) is 0.193. The van der Waals surface area contributed by atoms with E-state index in [9.17, 15) is 0 Å². The van der Waals surface area contributed by atoms with Gasteiger partial charge in [0.2, 0.25) is 0 Å². The van der Waals surface area contributed by atoms with Crippen LogP contribution >= 0.6 is 15.9 Å². The third kappa shape index (κ3) is 3.63. The fourth-order valence-corrected chi connectivity index (χ4v) is 3.11. The van der Waals surface area contributed by atoms with E-state index in [0.717, 1.165) is 5.75 Å². The molecule has 0 aromatic heterocycles. The Morgan fingerprint density at radius 1 is 1.00 bits per heavy atom. The molecule has 0 bridgehead atoms. The van der Waals surface area contributed by atoms with Gasteiger partial charge in [-0.05, 0) is 56.5 Å². The van der Waals surface area contributed by atoms with E-state index < -0.39 is 0 Å². The van der Waals surface area contributed by atoms with Crippen molar-refractivity contribution in [1.29, 1.82) is 0 Å². The van der Waals surface area contributed by atoms with Crippen LogP contribution in [-0.4, -0.2) is 6.10 Å². The summed E-state index contributed by atoms with van der Waals surface area (Å²) in [5.41, 5.74) is 5.12. The van der Waals surface area contributed by atoms with E-state index >= 15 is 0 Å². The Labute approximate surface area is 130 Å². The van der Waals surface area contributed by atoms with Gasteiger partial charge in [-0.2, -0.15) is 0 Å². The Hall–Kier alpha value is -1.28. The SMILES string of the molecule is Cc1ccc(C(Br)c2cccc(OC(C)C)c2)c(C)c1. The molecule has 1 atom stereocenters. The van der Waals surface area contributed by atoms with Crippen LogP contribution in [0.5, 0.6) is 5.75 Å². The van der Waals surface area contributed by atoms with Crippen LogP contribution in [-0.2, 0) is 0 Å². The molecular formula is C18H21BrO. The summed E-state index contributed by atoms with van der Waals surface area (Å²) >= 11 is 3.81. The molecule has 1 nitrogen and oxygen atoms in total. The number of ether oxygens (including phenoxy) is 1. The fraction of sp³-hybridized carbons (Fsp3) is 0.333. The zero-order valence-corrected chi connectivity index (χ0v) is 14.1. The van der Waals surface area contributed by atoms with Gasteiger partial charge in [0.1, 0.15) is 5.75 Å². The van der Waals surface area contributed by atoms with Crippen LogP contribution in [0, 0.1) is 13.8 Å². The molecular weight excluding hydrogens is 312 g/mol. The molecule has 2 rings (SSSR count). The van der Waals surface area contributed by atoms with Gasteiger partial charge in [0.15, 0.2) is 0 Å². The summed E-state index contributed by atoms with van der Waals surface area (Å²) in [5, 5.41) is 0. The molecule has 0 spiro atoms. The Morgan fingerprint density at radius 3 is 2.40 bits per heavy atom. The van der Waals surface area contributed by atoms with Gasteiger partial charge in [0.25, 0.3) is 0 Å². The van der Waals surface area contributed by atoms with E-state index in [1.165, 1.54) is 22.3 Å². The first kappa shape index (κ1) is 15.1. The highest BCUT2D eigenvalue weighted by Gasteiger charge is 2.13. The molecule has 2 aromatic carbocycles. The lowest BCUT2D eigenvalue weighted by Crippen LogP contribution is -2.06. The quantitative estimate of drug-likeness (QED) is 0.664. The first-order valence-corrected chi connectivity index (χ1v) is 7.87. The Balaban J connectivity index is 2.30. The lowest BCUT2D eigenvalue weighted by atomic mass is 9.98. The molecule has 0 aliphatic carbocycles. The molecule has 2 heteroatoms. The molecule has 1 unspecified atom stereocenters. The molecule has 0 aliphatic heterocycles. The van der Waals surface area contributed by atoms with Crippen molar-refractivity contribution in [2.24, 2.45) is 0 Å². The number of aryl methyl sites for hydroxylation is 2. The van der Waals surface area contributed by atoms with Crippen molar-refractivity contribution in [3.63, 3.8) is 0 Å². The predicted molar refractivity (Wildman–Crippen MR) is 88.9 cm³/mol. The first-order valence-electron chi connectivity index (χ1n) is 6.95. The third-order valence-electron chi connectivity index (χ3n) is 3.22. The van der Waals surface area contributed by atoms with Crippen molar-refractivity contribution in [2.75, 3.05) is 0 Å². The summed E-state index contributed by atoms with van der Waals surface area (Å²) < 4.78 is 5.77. The zero-order chi connectivity index (χ0) is 14.7. The summed E-state index contributed by atoms with van der Waals surface area (Å²) in [5.74, 6) is 0.923. The molecule has 0 N–H and O–H groups in total. The van der Waals surface area contributed by atoms with Crippen molar-refractivity contribution < 1.29 is 4.74 Å². The normalized spacial score (nSPS) is 12.5. The van der Waals surface area contributed by atoms with Crippen molar-refractivity contribution in [2.45, 2.75) is 38.6 Å². The van der Waals surface area contributed by atoms with Gasteiger partial charge in [-0.15, -0.1) is 0 Å². The molecule has 20 heavy (non-hydrogen) atoms. The largest absolute Gasteiger partial charge is 0.491 e. The van der Waals surface area contributed by atoms with Crippen molar-refractivity contribution in [3.8, 4) is 5.75 Å². The molecule has 0 fully saturated rings.